The zero-order chi connectivity index (χ0) is 14.0. The number of methoxy groups -OCH3 is 1. The van der Waals surface area contributed by atoms with Crippen LogP contribution >= 0.6 is 0 Å². The van der Waals surface area contributed by atoms with Crippen LogP contribution in [0.2, 0.25) is 0 Å². The molecule has 0 atom stereocenters. The van der Waals surface area contributed by atoms with Crippen molar-refractivity contribution in [2.24, 2.45) is 0 Å². The summed E-state index contributed by atoms with van der Waals surface area (Å²) >= 11 is 0. The van der Waals surface area contributed by atoms with Gasteiger partial charge in [0.1, 0.15) is 11.5 Å². The van der Waals surface area contributed by atoms with Crippen LogP contribution < -0.4 is 4.90 Å². The van der Waals surface area contributed by atoms with Gasteiger partial charge < -0.3 is 19.8 Å². The molecule has 0 unspecified atom stereocenters. The van der Waals surface area contributed by atoms with Gasteiger partial charge >= 0.3 is 0 Å². The second-order valence-electron chi connectivity index (χ2n) is 4.07. The summed E-state index contributed by atoms with van der Waals surface area (Å²) in [7, 11) is 3.25. The van der Waals surface area contributed by atoms with Gasteiger partial charge in [-0.15, -0.1) is 0 Å². The Hall–Kier alpha value is -1.42. The molecule has 0 saturated carbocycles. The van der Waals surface area contributed by atoms with Gasteiger partial charge in [-0.05, 0) is 25.0 Å². The summed E-state index contributed by atoms with van der Waals surface area (Å²) in [6, 6.07) is 4.64. The van der Waals surface area contributed by atoms with E-state index in [1.165, 1.54) is 12.1 Å². The first-order valence-electron chi connectivity index (χ1n) is 6.27. The second kappa shape index (κ2) is 9.59. The van der Waals surface area contributed by atoms with Crippen LogP contribution in [0.5, 0.6) is 11.5 Å². The fourth-order valence-corrected chi connectivity index (χ4v) is 1.66. The number of phenolic OH excluding ortho intramolecular Hbond substituents is 2. The first kappa shape index (κ1) is 16.6. The molecule has 0 aromatic heterocycles. The smallest absolute Gasteiger partial charge is 0.139 e. The van der Waals surface area contributed by atoms with Crippen LogP contribution in [0.25, 0.3) is 0 Å². The molecule has 0 saturated heterocycles. The SMILES string of the molecule is CCCN(CCC)c1cc(O)ccc1O.COC. The van der Waals surface area contributed by atoms with Crippen LogP contribution in [0.4, 0.5) is 5.69 Å². The fraction of sp³-hybridized carbons (Fsp3) is 0.571. The molecule has 0 spiro atoms. The quantitative estimate of drug-likeness (QED) is 0.794. The third-order valence-electron chi connectivity index (χ3n) is 2.29. The van der Waals surface area contributed by atoms with Crippen molar-refractivity contribution < 1.29 is 14.9 Å². The highest BCUT2D eigenvalue weighted by Gasteiger charge is 2.09. The van der Waals surface area contributed by atoms with Crippen LogP contribution in [0, 0.1) is 0 Å². The third kappa shape index (κ3) is 5.77. The van der Waals surface area contributed by atoms with Crippen molar-refractivity contribution in [3.05, 3.63) is 18.2 Å². The molecule has 1 aromatic rings. The molecular weight excluding hydrogens is 230 g/mol. The summed E-state index contributed by atoms with van der Waals surface area (Å²) in [5.41, 5.74) is 0.721. The molecule has 1 aromatic carbocycles. The van der Waals surface area contributed by atoms with E-state index in [0.29, 0.717) is 0 Å². The second-order valence-corrected chi connectivity index (χ2v) is 4.07. The molecule has 0 radical (unpaired) electrons. The molecule has 0 aliphatic rings. The predicted molar refractivity (Wildman–Crippen MR) is 75.5 cm³/mol. The molecule has 1 rings (SSSR count). The lowest BCUT2D eigenvalue weighted by Crippen LogP contribution is -2.24. The molecule has 0 aliphatic heterocycles. The summed E-state index contributed by atoms with van der Waals surface area (Å²) in [4.78, 5) is 2.09. The van der Waals surface area contributed by atoms with Gasteiger partial charge in [-0.2, -0.15) is 0 Å². The van der Waals surface area contributed by atoms with Crippen LogP contribution in [0.15, 0.2) is 18.2 Å². The largest absolute Gasteiger partial charge is 0.508 e. The Morgan fingerprint density at radius 2 is 1.56 bits per heavy atom. The van der Waals surface area contributed by atoms with Crippen molar-refractivity contribution in [1.82, 2.24) is 0 Å². The number of ether oxygens (including phenoxy) is 1. The molecule has 2 N–H and O–H groups in total. The third-order valence-corrected chi connectivity index (χ3v) is 2.29. The Morgan fingerprint density at radius 1 is 1.06 bits per heavy atom. The van der Waals surface area contributed by atoms with E-state index < -0.39 is 0 Å². The van der Waals surface area contributed by atoms with Crippen LogP contribution in [0.3, 0.4) is 0 Å². The first-order valence-corrected chi connectivity index (χ1v) is 6.27. The van der Waals surface area contributed by atoms with Crippen molar-refractivity contribution in [1.29, 1.82) is 0 Å². The molecule has 0 aliphatic carbocycles. The van der Waals surface area contributed by atoms with Gasteiger partial charge in [-0.25, -0.2) is 0 Å². The van der Waals surface area contributed by atoms with Gasteiger partial charge in [-0.1, -0.05) is 13.8 Å². The van der Waals surface area contributed by atoms with E-state index in [9.17, 15) is 10.2 Å². The summed E-state index contributed by atoms with van der Waals surface area (Å²) in [5, 5.41) is 19.1. The number of hydrogen-bond donors (Lipinski definition) is 2. The predicted octanol–water partition coefficient (Wildman–Crippen LogP) is 2.99. The summed E-state index contributed by atoms with van der Waals surface area (Å²) < 4.78 is 4.25. The fourth-order valence-electron chi connectivity index (χ4n) is 1.66. The molecule has 0 amide bonds. The van der Waals surface area contributed by atoms with Crippen molar-refractivity contribution in [3.8, 4) is 11.5 Å². The van der Waals surface area contributed by atoms with Gasteiger partial charge in [-0.3, -0.25) is 0 Å². The lowest BCUT2D eigenvalue weighted by molar-refractivity contribution is 0.277. The number of rotatable bonds is 5. The molecule has 0 heterocycles. The maximum atomic E-state index is 9.71. The number of benzene rings is 1. The number of nitrogens with zero attached hydrogens (tertiary/aromatic N) is 1. The zero-order valence-corrected chi connectivity index (χ0v) is 11.8. The molecule has 4 heteroatoms. The van der Waals surface area contributed by atoms with Gasteiger partial charge in [0.05, 0.1) is 5.69 Å². The summed E-state index contributed by atoms with van der Waals surface area (Å²) in [5.74, 6) is 0.426. The van der Waals surface area contributed by atoms with Crippen LogP contribution in [-0.2, 0) is 4.74 Å². The topological polar surface area (TPSA) is 52.9 Å². The molecule has 0 bridgehead atoms. The number of hydrogen-bond acceptors (Lipinski definition) is 4. The molecule has 104 valence electrons. The maximum absolute atomic E-state index is 9.71. The Labute approximate surface area is 110 Å². The maximum Gasteiger partial charge on any atom is 0.139 e. The average Bonchev–Trinajstić information content (AvgIpc) is 2.33. The summed E-state index contributed by atoms with van der Waals surface area (Å²) in [6.45, 7) is 5.99. The molecule has 4 nitrogen and oxygen atoms in total. The molecule has 18 heavy (non-hydrogen) atoms. The molecular formula is C14H25NO3. The Kier molecular flexibility index (Phi) is 8.84. The van der Waals surface area contributed by atoms with Gasteiger partial charge in [0.25, 0.3) is 0 Å². The molecule has 0 fully saturated rings. The van der Waals surface area contributed by atoms with E-state index in [1.807, 2.05) is 0 Å². The van der Waals surface area contributed by atoms with E-state index in [1.54, 1.807) is 20.3 Å². The standard InChI is InChI=1S/C12H19NO2.C2H6O/c1-3-7-13(8-4-2)11-9-10(14)5-6-12(11)15;1-3-2/h5-6,9,14-15H,3-4,7-8H2,1-2H3;1-2H3. The lowest BCUT2D eigenvalue weighted by Gasteiger charge is -2.24. The Morgan fingerprint density at radius 3 is 2.00 bits per heavy atom. The van der Waals surface area contributed by atoms with Gasteiger partial charge in [0.2, 0.25) is 0 Å². The first-order chi connectivity index (χ1) is 8.60. The average molecular weight is 255 g/mol. The van der Waals surface area contributed by atoms with Crippen molar-refractivity contribution >= 4 is 5.69 Å². The Balaban J connectivity index is 0.000000873. The van der Waals surface area contributed by atoms with Crippen molar-refractivity contribution in [2.45, 2.75) is 26.7 Å². The van der Waals surface area contributed by atoms with E-state index in [2.05, 4.69) is 23.5 Å². The van der Waals surface area contributed by atoms with E-state index in [4.69, 9.17) is 0 Å². The lowest BCUT2D eigenvalue weighted by atomic mass is 10.2. The summed E-state index contributed by atoms with van der Waals surface area (Å²) in [6.07, 6.45) is 2.05. The number of anilines is 1. The minimum atomic E-state index is 0.194. The van der Waals surface area contributed by atoms with Crippen LogP contribution in [-0.4, -0.2) is 37.5 Å². The van der Waals surface area contributed by atoms with E-state index in [0.717, 1.165) is 31.6 Å². The van der Waals surface area contributed by atoms with Gasteiger partial charge in [0.15, 0.2) is 0 Å². The van der Waals surface area contributed by atoms with Gasteiger partial charge in [0, 0.05) is 33.4 Å². The van der Waals surface area contributed by atoms with E-state index >= 15 is 0 Å². The monoisotopic (exact) mass is 255 g/mol. The highest BCUT2D eigenvalue weighted by Crippen LogP contribution is 2.30. The van der Waals surface area contributed by atoms with Crippen LogP contribution in [0.1, 0.15) is 26.7 Å². The minimum Gasteiger partial charge on any atom is -0.508 e. The minimum absolute atomic E-state index is 0.194. The van der Waals surface area contributed by atoms with Crippen molar-refractivity contribution in [2.75, 3.05) is 32.2 Å². The number of aromatic hydroxyl groups is 2. The van der Waals surface area contributed by atoms with Crippen molar-refractivity contribution in [3.63, 3.8) is 0 Å². The zero-order valence-electron chi connectivity index (χ0n) is 11.8. The Bertz CT molecular complexity index is 323. The highest BCUT2D eigenvalue weighted by molar-refractivity contribution is 5.60. The highest BCUT2D eigenvalue weighted by atomic mass is 16.4. The normalized spacial score (nSPS) is 9.56. The number of phenols is 2. The van der Waals surface area contributed by atoms with E-state index in [-0.39, 0.29) is 11.5 Å².